The van der Waals surface area contributed by atoms with Gasteiger partial charge in [-0.1, -0.05) is 113 Å². The van der Waals surface area contributed by atoms with Gasteiger partial charge in [-0.2, -0.15) is 20.4 Å². The molecule has 0 spiro atoms. The van der Waals surface area contributed by atoms with Crippen molar-refractivity contribution in [2.24, 2.45) is 34.4 Å². The fourth-order valence-corrected chi connectivity index (χ4v) is 11.7. The van der Waals surface area contributed by atoms with Crippen LogP contribution in [0.25, 0.3) is 43.6 Å². The van der Waals surface area contributed by atoms with Gasteiger partial charge in [0.05, 0.1) is 72.9 Å². The van der Waals surface area contributed by atoms with Gasteiger partial charge in [-0.15, -0.1) is 11.6 Å². The van der Waals surface area contributed by atoms with E-state index in [2.05, 4.69) is 77.6 Å². The van der Waals surface area contributed by atoms with E-state index >= 15 is 0 Å². The lowest BCUT2D eigenvalue weighted by molar-refractivity contribution is -0.150. The van der Waals surface area contributed by atoms with Gasteiger partial charge in [-0.05, 0) is 149 Å². The number of amides is 8. The maximum absolute atomic E-state index is 13.0. The van der Waals surface area contributed by atoms with Gasteiger partial charge in [0, 0.05) is 52.3 Å². The third kappa shape index (κ3) is 36.7. The second-order valence-electron chi connectivity index (χ2n) is 27.9. The zero-order valence-electron chi connectivity index (χ0n) is 71.8. The fraction of sp³-hybridized carbons (Fsp3) is 0.386. The van der Waals surface area contributed by atoms with E-state index in [-0.39, 0.29) is 129 Å². The van der Waals surface area contributed by atoms with Crippen LogP contribution in [-0.4, -0.2) is 233 Å². The number of pyridine rings is 2. The second kappa shape index (κ2) is 54.7. The maximum Gasteiger partial charge on any atom is 0.325 e. The van der Waals surface area contributed by atoms with Crippen LogP contribution in [0, 0.1) is 0 Å². The number of carboxylic acid groups (broad SMARTS) is 2. The molecule has 0 radical (unpaired) electrons. The van der Waals surface area contributed by atoms with Gasteiger partial charge in [0.2, 0.25) is 23.6 Å². The average molecular weight is 1890 g/mol. The molecular weight excluding hydrogens is 1770 g/mol. The van der Waals surface area contributed by atoms with Crippen molar-refractivity contribution in [1.29, 1.82) is 0 Å². The number of primary amides is 4. The predicted molar refractivity (Wildman–Crippen MR) is 476 cm³/mol. The first-order valence-electron chi connectivity index (χ1n) is 39.1. The number of halogens is 3. The van der Waals surface area contributed by atoms with E-state index in [0.29, 0.717) is 92.3 Å². The van der Waals surface area contributed by atoms with Crippen molar-refractivity contribution in [2.75, 3.05) is 51.9 Å². The first-order chi connectivity index (χ1) is 59.0. The van der Waals surface area contributed by atoms with Crippen LogP contribution in [0.4, 0.5) is 0 Å². The Bertz CT molecular complexity index is 5280. The molecule has 0 atom stereocenters. The van der Waals surface area contributed by atoms with Crippen LogP contribution in [0.3, 0.4) is 0 Å². The van der Waals surface area contributed by atoms with Gasteiger partial charge < -0.3 is 84.2 Å². The van der Waals surface area contributed by atoms with E-state index in [1.807, 2.05) is 79.7 Å². The van der Waals surface area contributed by atoms with Crippen molar-refractivity contribution in [3.05, 3.63) is 177 Å². The van der Waals surface area contributed by atoms with Crippen LogP contribution in [-0.2, 0) is 96.6 Å². The van der Waals surface area contributed by atoms with Gasteiger partial charge in [-0.25, -0.2) is 9.97 Å². The van der Waals surface area contributed by atoms with Crippen LogP contribution in [0.1, 0.15) is 143 Å². The number of rotatable bonds is 31. The normalized spacial score (nSPS) is 10.5. The molecule has 4 aromatic carbocycles. The van der Waals surface area contributed by atoms with Gasteiger partial charge in [-0.3, -0.25) is 81.1 Å². The molecule has 10 rings (SSSR count). The number of alkyl halides is 1. The van der Waals surface area contributed by atoms with Crippen molar-refractivity contribution < 1.29 is 86.8 Å². The van der Waals surface area contributed by atoms with Crippen molar-refractivity contribution in [3.63, 3.8) is 0 Å². The first kappa shape index (κ1) is 106. The molecular formula is C83H110Br2ClN21O18. The summed E-state index contributed by atoms with van der Waals surface area (Å²) < 4.78 is 21.0. The SMILES string of the molecule is CC(C)N.CC(C)N(CC(=O)NCc1cccc(Br)n1)C(=O)Cn1nc(C(N)=O)c2ccccc21.CC(C)N(CC(=O)O)C(=O)Cn1nc(C(N)=O)c2ccccc21.CCOC(=O)CCl.CCOC(=O)CN(C(=O)Cn1nc(C(N)=O)c2ccccc21)C(C)C.CCOC(=O)CNC(C)C.NC(=O)c1nn(CC(=O)O)c2ccccc12.NCc1cccc(Br)n1. The minimum absolute atomic E-state index is 0.0478. The Labute approximate surface area is 743 Å². The van der Waals surface area contributed by atoms with Crippen molar-refractivity contribution in [1.82, 2.24) is 74.4 Å². The van der Waals surface area contributed by atoms with Gasteiger partial charge in [0.15, 0.2) is 22.8 Å². The van der Waals surface area contributed by atoms with E-state index < -0.39 is 54.0 Å². The van der Waals surface area contributed by atoms with E-state index in [0.717, 1.165) is 10.3 Å². The van der Waals surface area contributed by atoms with E-state index in [1.165, 1.54) is 33.4 Å². The van der Waals surface area contributed by atoms with Crippen LogP contribution in [0.2, 0.25) is 0 Å². The van der Waals surface area contributed by atoms with Gasteiger partial charge >= 0.3 is 29.8 Å². The summed E-state index contributed by atoms with van der Waals surface area (Å²) in [6.07, 6.45) is 0. The summed E-state index contributed by atoms with van der Waals surface area (Å²) in [4.78, 5) is 163. The molecule has 0 saturated heterocycles. The highest BCUT2D eigenvalue weighted by Gasteiger charge is 2.28. The Morgan fingerprint density at radius 1 is 0.432 bits per heavy atom. The molecule has 8 amide bonds. The number of hydrogen-bond acceptors (Lipinski definition) is 25. The van der Waals surface area contributed by atoms with Crippen LogP contribution < -0.4 is 45.0 Å². The number of benzene rings is 4. The van der Waals surface area contributed by atoms with Gasteiger partial charge in [0.25, 0.3) is 23.6 Å². The Morgan fingerprint density at radius 3 is 1.03 bits per heavy atom. The number of nitrogens with two attached hydrogens (primary N) is 6. The zero-order chi connectivity index (χ0) is 93.9. The molecule has 0 aliphatic heterocycles. The number of nitrogens with one attached hydrogen (secondary N) is 2. The highest BCUT2D eigenvalue weighted by atomic mass is 79.9. The summed E-state index contributed by atoms with van der Waals surface area (Å²) >= 11 is 11.6. The minimum Gasteiger partial charge on any atom is -0.480 e. The molecule has 0 aliphatic rings. The molecule has 0 unspecified atom stereocenters. The lowest BCUT2D eigenvalue weighted by atomic mass is 10.2. The molecule has 125 heavy (non-hydrogen) atoms. The smallest absolute Gasteiger partial charge is 0.325 e. The predicted octanol–water partition coefficient (Wildman–Crippen LogP) is 6.45. The summed E-state index contributed by atoms with van der Waals surface area (Å²) in [7, 11) is 0. The number of fused-ring (bicyclic) bond motifs is 4. The van der Waals surface area contributed by atoms with E-state index in [1.54, 1.807) is 144 Å². The van der Waals surface area contributed by atoms with Crippen molar-refractivity contribution in [3.8, 4) is 0 Å². The van der Waals surface area contributed by atoms with E-state index in [4.69, 9.17) is 65.7 Å². The summed E-state index contributed by atoms with van der Waals surface area (Å²) in [5.41, 5.74) is 36.1. The summed E-state index contributed by atoms with van der Waals surface area (Å²) in [6.45, 7) is 24.7. The number of hydrogen-bond donors (Lipinski definition) is 10. The van der Waals surface area contributed by atoms with Gasteiger partial charge in [0.1, 0.15) is 54.4 Å². The van der Waals surface area contributed by atoms with Crippen LogP contribution >= 0.6 is 43.5 Å². The second-order valence-corrected chi connectivity index (χ2v) is 29.8. The molecule has 6 heterocycles. The first-order valence-corrected chi connectivity index (χ1v) is 41.2. The zero-order valence-corrected chi connectivity index (χ0v) is 75.8. The summed E-state index contributed by atoms with van der Waals surface area (Å²) in [5.74, 6) is -7.13. The number of aliphatic carboxylic acids is 2. The molecule has 10 aromatic rings. The Morgan fingerprint density at radius 2 is 0.744 bits per heavy atom. The molecule has 6 aromatic heterocycles. The maximum atomic E-state index is 13.0. The van der Waals surface area contributed by atoms with Crippen LogP contribution in [0.15, 0.2) is 143 Å². The number of carbonyl (C=O) groups is 13. The molecule has 0 saturated carbocycles. The summed E-state index contributed by atoms with van der Waals surface area (Å²) in [5, 5.41) is 42.0. The monoisotopic (exact) mass is 1880 g/mol. The van der Waals surface area contributed by atoms with E-state index in [9.17, 15) is 62.3 Å². The largest absolute Gasteiger partial charge is 0.480 e. The van der Waals surface area contributed by atoms with Crippen LogP contribution in [0.5, 0.6) is 0 Å². The molecule has 0 aliphatic carbocycles. The minimum atomic E-state index is -1.09. The number of aromatic nitrogens is 10. The van der Waals surface area contributed by atoms with Crippen molar-refractivity contribution in [2.45, 2.75) is 159 Å². The fourth-order valence-electron chi connectivity index (χ4n) is 10.9. The highest BCUT2D eigenvalue weighted by Crippen LogP contribution is 2.23. The molecule has 0 bridgehead atoms. The number of carboxylic acids is 2. The highest BCUT2D eigenvalue weighted by molar-refractivity contribution is 9.10. The number of ether oxygens (including phenoxy) is 3. The number of nitrogens with zero attached hydrogens (tertiary/aromatic N) is 13. The Balaban J connectivity index is 0.000000392. The lowest BCUT2D eigenvalue weighted by Crippen LogP contribution is -2.45. The molecule has 42 heteroatoms. The average Bonchev–Trinajstić information content (AvgIpc) is 1.67. The lowest BCUT2D eigenvalue weighted by Gasteiger charge is -2.26. The molecule has 676 valence electrons. The third-order valence-electron chi connectivity index (χ3n) is 16.4. The molecule has 0 fully saturated rings. The number of carbonyl (C=O) groups excluding carboxylic acids is 11. The quantitative estimate of drug-likeness (QED) is 0.00965. The Kier molecular flexibility index (Phi) is 46.6. The third-order valence-corrected chi connectivity index (χ3v) is 17.5. The number of para-hydroxylation sites is 4. The van der Waals surface area contributed by atoms with Crippen molar-refractivity contribution >= 4 is 164 Å². The Hall–Kier alpha value is -12.7. The molecule has 16 N–H and O–H groups in total. The topological polar surface area (TPSA) is 577 Å². The summed E-state index contributed by atoms with van der Waals surface area (Å²) in [6, 6.07) is 39.0. The number of esters is 3. The molecule has 39 nitrogen and oxygen atoms in total. The standard InChI is InChI=1S/C21H23BrN6O3.C17H22N4O4.C15H18N4O4.C10H9N3O3.C7H15NO2.C6H7BrN2.C4H7ClO2.C3H9N/c1-13(2)27(11-18(29)24-10-14-6-5-9-17(22)25-14)19(30)12-28-16-8-4-3-7-15(16)20(26-28)21(23)31;1-4-25-15(23)10-20(11(2)3)14(22)9-21-13-8-6-5-7-12(13)16(19-21)17(18)24;1-9(2)18(8-13(21)22)12(20)7-19-11-6-4-3-5-10(11)14(17-19)15(16)23;11-10(16)9-6-3-1-2-4-7(6)13(12-9)5-8(14)15;1-4-10-7(9)5-8-6(2)3;7-6-3-1-2-5(4-8)9-6;1-2-7-4(6)3-5;1-3(2)4/h3-9,13H,10-12H2,1-2H3,(H2,23,31)(H,24,29);5-8,11H,4,9-10H2,1-3H3,(H2,18,24);3-6,9H,7-8H2,1-2H3,(H2,16,23)(H,21,22);1-4H,5H2,(H2,11,16)(H,14,15);6,8H,4-5H2,1-3H3;1-3H,4,8H2;2-3H2,1H3;3H,4H2,1-2H3.